The highest BCUT2D eigenvalue weighted by Crippen LogP contribution is 2.27. The molecule has 0 spiro atoms. The van der Waals surface area contributed by atoms with Crippen LogP contribution in [0, 0.1) is 0 Å². The second kappa shape index (κ2) is 7.53. The summed E-state index contributed by atoms with van der Waals surface area (Å²) in [5.74, 6) is -0.0987. The number of thiazole rings is 1. The predicted octanol–water partition coefficient (Wildman–Crippen LogP) is 2.71. The third-order valence-electron chi connectivity index (χ3n) is 3.68. The quantitative estimate of drug-likeness (QED) is 0.900. The van der Waals surface area contributed by atoms with Crippen LogP contribution in [0.4, 0.5) is 0 Å². The monoisotopic (exact) mass is 351 g/mol. The van der Waals surface area contributed by atoms with Crippen LogP contribution >= 0.6 is 22.7 Å². The van der Waals surface area contributed by atoms with Gasteiger partial charge in [-0.1, -0.05) is 6.07 Å². The summed E-state index contributed by atoms with van der Waals surface area (Å²) in [6.07, 6.45) is 0.502. The SMILES string of the molecule is CC1CN(CCNC(=O)c2csc(-c3cccs3)n2)CC(C)O1. The van der Waals surface area contributed by atoms with Crippen LogP contribution in [0.3, 0.4) is 0 Å². The summed E-state index contributed by atoms with van der Waals surface area (Å²) in [4.78, 5) is 20.0. The molecule has 7 heteroatoms. The molecule has 0 saturated carbocycles. The molecule has 2 aromatic heterocycles. The zero-order valence-electron chi connectivity index (χ0n) is 13.3. The van der Waals surface area contributed by atoms with Gasteiger partial charge in [-0.3, -0.25) is 9.69 Å². The molecule has 2 unspecified atom stereocenters. The summed E-state index contributed by atoms with van der Waals surface area (Å²) in [6.45, 7) is 7.47. The molecule has 3 rings (SSSR count). The number of carbonyl (C=O) groups excluding carboxylic acids is 1. The summed E-state index contributed by atoms with van der Waals surface area (Å²) in [5.41, 5.74) is 0.502. The van der Waals surface area contributed by atoms with Crippen LogP contribution in [-0.4, -0.2) is 54.2 Å². The molecule has 23 heavy (non-hydrogen) atoms. The Kier molecular flexibility index (Phi) is 5.42. The van der Waals surface area contributed by atoms with Crippen molar-refractivity contribution in [3.63, 3.8) is 0 Å². The normalized spacial score (nSPS) is 22.2. The number of morpholine rings is 1. The van der Waals surface area contributed by atoms with E-state index < -0.39 is 0 Å². The Morgan fingerprint density at radius 2 is 2.17 bits per heavy atom. The Balaban J connectivity index is 1.48. The predicted molar refractivity (Wildman–Crippen MR) is 94.2 cm³/mol. The van der Waals surface area contributed by atoms with Crippen molar-refractivity contribution in [3.8, 4) is 9.88 Å². The lowest BCUT2D eigenvalue weighted by atomic mass is 10.2. The van der Waals surface area contributed by atoms with Crippen LogP contribution in [-0.2, 0) is 4.74 Å². The van der Waals surface area contributed by atoms with Crippen molar-refractivity contribution in [2.75, 3.05) is 26.2 Å². The first-order valence-electron chi connectivity index (χ1n) is 7.77. The minimum absolute atomic E-state index is 0.0987. The molecule has 1 saturated heterocycles. The minimum atomic E-state index is -0.0987. The number of aromatic nitrogens is 1. The van der Waals surface area contributed by atoms with Crippen LogP contribution in [0.1, 0.15) is 24.3 Å². The molecule has 1 N–H and O–H groups in total. The molecule has 2 aromatic rings. The molecule has 0 radical (unpaired) electrons. The Hall–Kier alpha value is -1.28. The number of hydrogen-bond donors (Lipinski definition) is 1. The van der Waals surface area contributed by atoms with Crippen LogP contribution in [0.5, 0.6) is 0 Å². The molecule has 2 atom stereocenters. The first-order valence-corrected chi connectivity index (χ1v) is 9.53. The van der Waals surface area contributed by atoms with E-state index in [-0.39, 0.29) is 18.1 Å². The van der Waals surface area contributed by atoms with E-state index in [4.69, 9.17) is 4.74 Å². The third-order valence-corrected chi connectivity index (χ3v) is 5.56. The van der Waals surface area contributed by atoms with E-state index in [9.17, 15) is 4.79 Å². The van der Waals surface area contributed by atoms with Crippen molar-refractivity contribution in [2.45, 2.75) is 26.1 Å². The summed E-state index contributed by atoms with van der Waals surface area (Å²) in [5, 5.41) is 7.70. The number of hydrogen-bond acceptors (Lipinski definition) is 6. The molecule has 124 valence electrons. The zero-order chi connectivity index (χ0) is 16.2. The number of ether oxygens (including phenoxy) is 1. The average molecular weight is 351 g/mol. The van der Waals surface area contributed by atoms with Crippen molar-refractivity contribution in [3.05, 3.63) is 28.6 Å². The summed E-state index contributed by atoms with van der Waals surface area (Å²) in [6, 6.07) is 4.01. The third kappa shape index (κ3) is 4.38. The van der Waals surface area contributed by atoms with Gasteiger partial charge in [0, 0.05) is 31.6 Å². The minimum Gasteiger partial charge on any atom is -0.373 e. The number of nitrogens with one attached hydrogen (secondary N) is 1. The molecule has 3 heterocycles. The first-order chi connectivity index (χ1) is 11.1. The molecule has 1 fully saturated rings. The standard InChI is InChI=1S/C16H21N3O2S2/c1-11-8-19(9-12(2)21-11)6-5-17-15(20)13-10-23-16(18-13)14-4-3-7-22-14/h3-4,7,10-12H,5-6,8-9H2,1-2H3,(H,17,20). The van der Waals surface area contributed by atoms with Gasteiger partial charge in [0.05, 0.1) is 17.1 Å². The van der Waals surface area contributed by atoms with Gasteiger partial charge in [0.25, 0.3) is 5.91 Å². The van der Waals surface area contributed by atoms with E-state index in [0.717, 1.165) is 29.5 Å². The largest absolute Gasteiger partial charge is 0.373 e. The van der Waals surface area contributed by atoms with E-state index in [1.165, 1.54) is 11.3 Å². The molecule has 1 aliphatic heterocycles. The summed E-state index contributed by atoms with van der Waals surface area (Å²) >= 11 is 3.14. The lowest BCUT2D eigenvalue weighted by Crippen LogP contribution is -2.47. The number of amides is 1. The Labute approximate surface area is 144 Å². The van der Waals surface area contributed by atoms with Gasteiger partial charge in [-0.15, -0.1) is 22.7 Å². The molecule has 0 bridgehead atoms. The fourth-order valence-electron chi connectivity index (χ4n) is 2.78. The smallest absolute Gasteiger partial charge is 0.270 e. The van der Waals surface area contributed by atoms with E-state index in [0.29, 0.717) is 12.2 Å². The maximum absolute atomic E-state index is 12.2. The molecule has 0 aromatic carbocycles. The first kappa shape index (κ1) is 16.6. The van der Waals surface area contributed by atoms with Gasteiger partial charge >= 0.3 is 0 Å². The topological polar surface area (TPSA) is 54.5 Å². The highest BCUT2D eigenvalue weighted by molar-refractivity contribution is 7.20. The van der Waals surface area contributed by atoms with Gasteiger partial charge < -0.3 is 10.1 Å². The average Bonchev–Trinajstić information content (AvgIpc) is 3.17. The van der Waals surface area contributed by atoms with Gasteiger partial charge in [-0.25, -0.2) is 4.98 Å². The van der Waals surface area contributed by atoms with Crippen molar-refractivity contribution in [2.24, 2.45) is 0 Å². The molecule has 5 nitrogen and oxygen atoms in total. The molecule has 1 aliphatic rings. The zero-order valence-corrected chi connectivity index (χ0v) is 15.0. The lowest BCUT2D eigenvalue weighted by molar-refractivity contribution is -0.0672. The number of nitrogens with zero attached hydrogens (tertiary/aromatic N) is 2. The van der Waals surface area contributed by atoms with Crippen LogP contribution in [0.2, 0.25) is 0 Å². The van der Waals surface area contributed by atoms with Crippen LogP contribution in [0.25, 0.3) is 9.88 Å². The highest BCUT2D eigenvalue weighted by Gasteiger charge is 2.21. The van der Waals surface area contributed by atoms with Crippen LogP contribution < -0.4 is 5.32 Å². The van der Waals surface area contributed by atoms with Crippen molar-refractivity contribution >= 4 is 28.6 Å². The van der Waals surface area contributed by atoms with Gasteiger partial charge in [0.1, 0.15) is 10.7 Å². The van der Waals surface area contributed by atoms with E-state index in [2.05, 4.69) is 29.0 Å². The second-order valence-electron chi connectivity index (χ2n) is 5.79. The van der Waals surface area contributed by atoms with Gasteiger partial charge in [0.15, 0.2) is 0 Å². The summed E-state index contributed by atoms with van der Waals surface area (Å²) < 4.78 is 5.71. The maximum atomic E-state index is 12.2. The Morgan fingerprint density at radius 3 is 2.87 bits per heavy atom. The van der Waals surface area contributed by atoms with Crippen molar-refractivity contribution in [1.29, 1.82) is 0 Å². The molecular formula is C16H21N3O2S2. The van der Waals surface area contributed by atoms with E-state index in [1.54, 1.807) is 11.3 Å². The Bertz CT molecular complexity index is 632. The maximum Gasteiger partial charge on any atom is 0.270 e. The van der Waals surface area contributed by atoms with Crippen molar-refractivity contribution < 1.29 is 9.53 Å². The van der Waals surface area contributed by atoms with Gasteiger partial charge in [-0.2, -0.15) is 0 Å². The highest BCUT2D eigenvalue weighted by atomic mass is 32.1. The van der Waals surface area contributed by atoms with Gasteiger partial charge in [0.2, 0.25) is 0 Å². The van der Waals surface area contributed by atoms with Gasteiger partial charge in [-0.05, 0) is 25.3 Å². The molecule has 1 amide bonds. The van der Waals surface area contributed by atoms with E-state index in [1.807, 2.05) is 22.9 Å². The molecular weight excluding hydrogens is 330 g/mol. The number of rotatable bonds is 5. The van der Waals surface area contributed by atoms with Crippen molar-refractivity contribution in [1.82, 2.24) is 15.2 Å². The second-order valence-corrected chi connectivity index (χ2v) is 7.59. The fourth-order valence-corrected chi connectivity index (χ4v) is 4.39. The summed E-state index contributed by atoms with van der Waals surface area (Å²) in [7, 11) is 0. The molecule has 0 aliphatic carbocycles. The fraction of sp³-hybridized carbons (Fsp3) is 0.500. The van der Waals surface area contributed by atoms with E-state index >= 15 is 0 Å². The lowest BCUT2D eigenvalue weighted by Gasteiger charge is -2.35. The van der Waals surface area contributed by atoms with Crippen LogP contribution in [0.15, 0.2) is 22.9 Å². The number of thiophene rings is 1. The number of carbonyl (C=O) groups is 1. The Morgan fingerprint density at radius 1 is 1.39 bits per heavy atom.